The van der Waals surface area contributed by atoms with Gasteiger partial charge >= 0.3 is 6.03 Å². The summed E-state index contributed by atoms with van der Waals surface area (Å²) in [5.74, 6) is 0. The molecule has 0 aliphatic carbocycles. The van der Waals surface area contributed by atoms with Crippen molar-refractivity contribution >= 4 is 33.8 Å². The number of hydrogen-bond donors (Lipinski definition) is 1. The maximum absolute atomic E-state index is 12.5. The van der Waals surface area contributed by atoms with Crippen LogP contribution in [0, 0.1) is 0 Å². The van der Waals surface area contributed by atoms with E-state index < -0.39 is 0 Å². The Morgan fingerprint density at radius 2 is 2.36 bits per heavy atom. The topological polar surface area (TPSA) is 54.5 Å². The van der Waals surface area contributed by atoms with Crippen LogP contribution < -0.4 is 5.32 Å². The number of aromatic nitrogens is 1. The number of amides is 2. The Bertz CT molecular complexity index is 627. The van der Waals surface area contributed by atoms with E-state index in [0.29, 0.717) is 18.2 Å². The minimum absolute atomic E-state index is 0.0203. The van der Waals surface area contributed by atoms with E-state index in [-0.39, 0.29) is 18.2 Å². The first-order valence-electron chi connectivity index (χ1n) is 7.33. The molecule has 3 heterocycles. The normalized spacial score (nSPS) is 21.8. The van der Waals surface area contributed by atoms with Crippen LogP contribution in [0.15, 0.2) is 22.2 Å². The Kier molecular flexibility index (Phi) is 4.75. The van der Waals surface area contributed by atoms with E-state index in [2.05, 4.69) is 28.7 Å². The van der Waals surface area contributed by atoms with Gasteiger partial charge < -0.3 is 9.64 Å². The molecule has 2 unspecified atom stereocenters. The first-order valence-corrected chi connectivity index (χ1v) is 9.16. The van der Waals surface area contributed by atoms with Crippen LogP contribution in [-0.4, -0.2) is 35.1 Å². The monoisotopic (exact) mass is 337 g/mol. The van der Waals surface area contributed by atoms with Crippen molar-refractivity contribution in [3.8, 4) is 0 Å². The molecule has 2 aromatic rings. The molecule has 1 N–H and O–H groups in total. The number of thiophene rings is 1. The highest BCUT2D eigenvalue weighted by Crippen LogP contribution is 2.27. The molecule has 5 nitrogen and oxygen atoms in total. The van der Waals surface area contributed by atoms with Crippen molar-refractivity contribution in [3.63, 3.8) is 0 Å². The summed E-state index contributed by atoms with van der Waals surface area (Å²) >= 11 is 3.11. The number of carbonyl (C=O) groups is 1. The second-order valence-corrected chi connectivity index (χ2v) is 6.96. The summed E-state index contributed by atoms with van der Waals surface area (Å²) in [5.41, 5.74) is 2.14. The summed E-state index contributed by atoms with van der Waals surface area (Å²) in [7, 11) is 0. The molecule has 0 aromatic carbocycles. The van der Waals surface area contributed by atoms with Gasteiger partial charge in [-0.1, -0.05) is 6.92 Å². The maximum Gasteiger partial charge on any atom is 0.323 e. The standard InChI is InChI=1S/C15H19N3O2S2/c1-3-12-9-22-14(16-12)17-15(19)18-6-10(2)20-13(7-18)11-4-5-21-8-11/h4-5,8-10,13H,3,6-7H2,1-2H3,(H,16,17,19). The average Bonchev–Trinajstić information content (AvgIpc) is 3.18. The van der Waals surface area contributed by atoms with E-state index >= 15 is 0 Å². The van der Waals surface area contributed by atoms with Crippen molar-refractivity contribution in [2.75, 3.05) is 18.4 Å². The molecular weight excluding hydrogens is 318 g/mol. The van der Waals surface area contributed by atoms with Crippen LogP contribution in [0.5, 0.6) is 0 Å². The van der Waals surface area contributed by atoms with Crippen molar-refractivity contribution in [2.45, 2.75) is 32.5 Å². The van der Waals surface area contributed by atoms with Crippen LogP contribution in [-0.2, 0) is 11.2 Å². The van der Waals surface area contributed by atoms with Gasteiger partial charge in [0.05, 0.1) is 18.3 Å². The number of nitrogens with one attached hydrogen (secondary N) is 1. The van der Waals surface area contributed by atoms with Crippen LogP contribution in [0.25, 0.3) is 0 Å². The van der Waals surface area contributed by atoms with E-state index in [9.17, 15) is 4.79 Å². The van der Waals surface area contributed by atoms with Gasteiger partial charge in [0, 0.05) is 11.9 Å². The first kappa shape index (κ1) is 15.5. The fourth-order valence-corrected chi connectivity index (χ4v) is 3.94. The quantitative estimate of drug-likeness (QED) is 0.928. The van der Waals surface area contributed by atoms with Crippen molar-refractivity contribution in [2.24, 2.45) is 0 Å². The van der Waals surface area contributed by atoms with E-state index in [0.717, 1.165) is 17.7 Å². The van der Waals surface area contributed by atoms with Gasteiger partial charge in [-0.15, -0.1) is 11.3 Å². The smallest absolute Gasteiger partial charge is 0.323 e. The number of hydrogen-bond acceptors (Lipinski definition) is 5. The van der Waals surface area contributed by atoms with Gasteiger partial charge in [0.2, 0.25) is 0 Å². The van der Waals surface area contributed by atoms with Crippen LogP contribution in [0.4, 0.5) is 9.93 Å². The average molecular weight is 337 g/mol. The van der Waals surface area contributed by atoms with Gasteiger partial charge in [-0.3, -0.25) is 5.32 Å². The Hall–Kier alpha value is -1.44. The fourth-order valence-electron chi connectivity index (χ4n) is 2.46. The highest BCUT2D eigenvalue weighted by Gasteiger charge is 2.29. The first-order chi connectivity index (χ1) is 10.7. The predicted octanol–water partition coefficient (Wildman–Crippen LogP) is 3.76. The third-order valence-corrected chi connectivity index (χ3v) is 5.10. The summed E-state index contributed by atoms with van der Waals surface area (Å²) in [4.78, 5) is 18.6. The minimum atomic E-state index is -0.104. The zero-order valence-electron chi connectivity index (χ0n) is 12.6. The molecule has 1 aliphatic heterocycles. The van der Waals surface area contributed by atoms with Crippen molar-refractivity contribution in [1.82, 2.24) is 9.88 Å². The Labute approximate surface area is 137 Å². The number of anilines is 1. The maximum atomic E-state index is 12.5. The molecule has 0 spiro atoms. The Morgan fingerprint density at radius 3 is 3.05 bits per heavy atom. The van der Waals surface area contributed by atoms with Crippen LogP contribution in [0.3, 0.4) is 0 Å². The van der Waals surface area contributed by atoms with Crippen molar-refractivity contribution < 1.29 is 9.53 Å². The largest absolute Gasteiger partial charge is 0.367 e. The second kappa shape index (κ2) is 6.76. The third kappa shape index (κ3) is 3.48. The van der Waals surface area contributed by atoms with Crippen molar-refractivity contribution in [3.05, 3.63) is 33.5 Å². The highest BCUT2D eigenvalue weighted by molar-refractivity contribution is 7.13. The van der Waals surface area contributed by atoms with Gasteiger partial charge in [0.15, 0.2) is 5.13 Å². The van der Waals surface area contributed by atoms with Crippen LogP contribution >= 0.6 is 22.7 Å². The molecule has 118 valence electrons. The number of ether oxygens (including phenoxy) is 1. The molecule has 1 fully saturated rings. The number of morpholine rings is 1. The molecule has 3 rings (SSSR count). The minimum Gasteiger partial charge on any atom is -0.367 e. The fraction of sp³-hybridized carbons (Fsp3) is 0.467. The van der Waals surface area contributed by atoms with E-state index in [1.165, 1.54) is 11.3 Å². The number of nitrogens with zero attached hydrogens (tertiary/aromatic N) is 2. The SMILES string of the molecule is CCc1csc(NC(=O)N2CC(C)OC(c3ccsc3)C2)n1. The van der Waals surface area contributed by atoms with Gasteiger partial charge in [0.1, 0.15) is 6.10 Å². The number of rotatable bonds is 3. The molecule has 2 aromatic heterocycles. The van der Waals surface area contributed by atoms with Crippen LogP contribution in [0.2, 0.25) is 0 Å². The lowest BCUT2D eigenvalue weighted by atomic mass is 10.1. The summed E-state index contributed by atoms with van der Waals surface area (Å²) in [6, 6.07) is 1.95. The molecule has 1 aliphatic rings. The number of carbonyl (C=O) groups excluding carboxylic acids is 1. The number of aryl methyl sites for hydroxylation is 1. The molecule has 2 amide bonds. The summed E-state index contributed by atoms with van der Waals surface area (Å²) in [6.45, 7) is 5.21. The zero-order chi connectivity index (χ0) is 15.5. The van der Waals surface area contributed by atoms with E-state index in [1.807, 2.05) is 22.6 Å². The summed E-state index contributed by atoms with van der Waals surface area (Å²) < 4.78 is 5.95. The molecular formula is C15H19N3O2S2. The van der Waals surface area contributed by atoms with Gasteiger partial charge in [-0.05, 0) is 35.7 Å². The number of thiazole rings is 1. The lowest BCUT2D eigenvalue weighted by molar-refractivity contribution is -0.0640. The summed E-state index contributed by atoms with van der Waals surface area (Å²) in [6.07, 6.45) is 0.844. The Balaban J connectivity index is 1.66. The molecule has 0 radical (unpaired) electrons. The van der Waals surface area contributed by atoms with Gasteiger partial charge in [0.25, 0.3) is 0 Å². The van der Waals surface area contributed by atoms with Crippen LogP contribution in [0.1, 0.15) is 31.2 Å². The predicted molar refractivity (Wildman–Crippen MR) is 89.7 cm³/mol. The molecule has 0 saturated carbocycles. The molecule has 1 saturated heterocycles. The Morgan fingerprint density at radius 1 is 1.50 bits per heavy atom. The number of urea groups is 1. The third-order valence-electron chi connectivity index (χ3n) is 3.59. The van der Waals surface area contributed by atoms with Crippen molar-refractivity contribution in [1.29, 1.82) is 0 Å². The van der Waals surface area contributed by atoms with Gasteiger partial charge in [-0.2, -0.15) is 11.3 Å². The lowest BCUT2D eigenvalue weighted by Gasteiger charge is -2.36. The summed E-state index contributed by atoms with van der Waals surface area (Å²) in [5, 5.41) is 9.64. The van der Waals surface area contributed by atoms with E-state index in [4.69, 9.17) is 4.74 Å². The lowest BCUT2D eigenvalue weighted by Crippen LogP contribution is -2.47. The van der Waals surface area contributed by atoms with E-state index in [1.54, 1.807) is 11.3 Å². The molecule has 2 atom stereocenters. The zero-order valence-corrected chi connectivity index (χ0v) is 14.2. The molecule has 22 heavy (non-hydrogen) atoms. The molecule has 7 heteroatoms. The second-order valence-electron chi connectivity index (χ2n) is 5.32. The molecule has 0 bridgehead atoms. The van der Waals surface area contributed by atoms with Gasteiger partial charge in [-0.25, -0.2) is 9.78 Å². The highest BCUT2D eigenvalue weighted by atomic mass is 32.1.